The van der Waals surface area contributed by atoms with Gasteiger partial charge < -0.3 is 91.5 Å². The lowest BCUT2D eigenvalue weighted by molar-refractivity contribution is -0.142. The number of nitrogens with zero attached hydrogens (tertiary/aromatic N) is 5. The van der Waals surface area contributed by atoms with Gasteiger partial charge in [-0.25, -0.2) is 4.79 Å². The number of thiocarbonyl (C=S) groups is 1. The van der Waals surface area contributed by atoms with Gasteiger partial charge in [-0.2, -0.15) is 0 Å². The van der Waals surface area contributed by atoms with Crippen LogP contribution in [0.4, 0.5) is 5.69 Å². The number of benzene rings is 2. The van der Waals surface area contributed by atoms with Crippen molar-refractivity contribution in [1.29, 1.82) is 0 Å². The Balaban J connectivity index is 0.979. The van der Waals surface area contributed by atoms with Crippen molar-refractivity contribution in [3.63, 3.8) is 0 Å². The monoisotopic (exact) mass is 1350 g/mol. The minimum atomic E-state index is -1.67. The molecule has 522 valence electrons. The molecule has 6 amide bonds. The highest BCUT2D eigenvalue weighted by Gasteiger charge is 2.37. The molecule has 4 atom stereocenters. The molecule has 0 saturated carbocycles. The number of aliphatic carboxylic acids is 4. The third-order valence-corrected chi connectivity index (χ3v) is 15.7. The van der Waals surface area contributed by atoms with Crippen LogP contribution in [-0.2, 0) is 63.8 Å². The van der Waals surface area contributed by atoms with Gasteiger partial charge in [0.15, 0.2) is 11.7 Å². The van der Waals surface area contributed by atoms with Crippen molar-refractivity contribution in [3.8, 4) is 5.75 Å². The standard InChI is InChI=1S/C61H89BN12O20S/c1-41(75)63-18-4-3-8-49(60(87)88)70-59(86)48(7-2-5-19-66-61(95)68-43-12-10-42(11-13-43)33-44-36-72(38-56(81)82)24-23-71(37-55(79)80)25-26-73(44)39-57(83)84)69-52(76)17-27-91-29-31-93-32-30-92-28-21-65-53(77)40-94-45-14-15-46-47(16-20-64-50(46)34-45)58(85)67-35-54(78)74-22-6-9-51(74)62(89)90/h10-16,20,34,44,48-49,51,89-90H,2-9,17-19,21-33,35-40H2,1H3,(H,63,75)(H,65,77)(H,67,85)(H,69,76)(H,70,86)(H,79,80)(H,81,82)(H,83,84)(H,87,88)(H2,66,68,95)/t44?,48-,49-,51-/m0/s1. The molecular weight excluding hydrogens is 1260 g/mol. The van der Waals surface area contributed by atoms with Crippen LogP contribution < -0.4 is 42.0 Å². The third-order valence-electron chi connectivity index (χ3n) is 15.4. The van der Waals surface area contributed by atoms with E-state index in [1.54, 1.807) is 45.0 Å². The highest BCUT2D eigenvalue weighted by Crippen LogP contribution is 2.24. The normalized spacial score (nSPS) is 16.0. The highest BCUT2D eigenvalue weighted by atomic mass is 32.1. The van der Waals surface area contributed by atoms with Crippen LogP contribution >= 0.6 is 12.2 Å². The topological polar surface area (TPSA) is 439 Å². The molecule has 2 saturated heterocycles. The first-order valence-corrected chi connectivity index (χ1v) is 32.0. The largest absolute Gasteiger partial charge is 0.484 e. The van der Waals surface area contributed by atoms with Crippen molar-refractivity contribution in [3.05, 3.63) is 65.9 Å². The summed E-state index contributed by atoms with van der Waals surface area (Å²) in [6.45, 7) is 3.38. The molecule has 2 aliphatic rings. The minimum Gasteiger partial charge on any atom is -0.484 e. The van der Waals surface area contributed by atoms with Crippen molar-refractivity contribution in [2.75, 3.05) is 137 Å². The molecule has 0 aliphatic carbocycles. The molecule has 0 spiro atoms. The Kier molecular flexibility index (Phi) is 34.5. The summed E-state index contributed by atoms with van der Waals surface area (Å²) in [4.78, 5) is 134. The van der Waals surface area contributed by atoms with Crippen molar-refractivity contribution in [1.82, 2.24) is 56.5 Å². The van der Waals surface area contributed by atoms with E-state index >= 15 is 0 Å². The number of carbonyl (C=O) groups is 10. The smallest absolute Gasteiger partial charge is 0.475 e. The molecule has 0 bridgehead atoms. The fourth-order valence-corrected chi connectivity index (χ4v) is 10.8. The molecule has 1 unspecified atom stereocenters. The Morgan fingerprint density at radius 1 is 0.674 bits per heavy atom. The van der Waals surface area contributed by atoms with E-state index in [0.29, 0.717) is 98.6 Å². The number of carbonyl (C=O) groups excluding carboxylic acids is 6. The first-order chi connectivity index (χ1) is 45.5. The van der Waals surface area contributed by atoms with Gasteiger partial charge in [0, 0.05) is 102 Å². The predicted octanol–water partition coefficient (Wildman–Crippen LogP) is -1.50. The maximum absolute atomic E-state index is 13.6. The molecule has 2 aromatic carbocycles. The molecule has 2 fully saturated rings. The van der Waals surface area contributed by atoms with Crippen LogP contribution in [0.1, 0.15) is 80.6 Å². The Morgan fingerprint density at radius 2 is 1.32 bits per heavy atom. The van der Waals surface area contributed by atoms with E-state index in [9.17, 15) is 78.4 Å². The van der Waals surface area contributed by atoms with E-state index < -0.39 is 84.6 Å². The number of rotatable bonds is 42. The van der Waals surface area contributed by atoms with Gasteiger partial charge in [0.2, 0.25) is 23.6 Å². The summed E-state index contributed by atoms with van der Waals surface area (Å²) >= 11 is 5.54. The van der Waals surface area contributed by atoms with Gasteiger partial charge in [-0.05, 0) is 106 Å². The number of hydrogen-bond donors (Lipinski definition) is 13. The number of aromatic nitrogens is 1. The second-order valence-corrected chi connectivity index (χ2v) is 23.2. The zero-order chi connectivity index (χ0) is 69.1. The van der Waals surface area contributed by atoms with Crippen LogP contribution in [0.15, 0.2) is 54.7 Å². The molecule has 2 aliphatic heterocycles. The fourth-order valence-electron chi connectivity index (χ4n) is 10.6. The van der Waals surface area contributed by atoms with Crippen LogP contribution in [0.5, 0.6) is 5.75 Å². The Bertz CT molecular complexity index is 3030. The lowest BCUT2D eigenvalue weighted by atomic mass is 9.78. The van der Waals surface area contributed by atoms with Crippen LogP contribution in [0.25, 0.3) is 10.9 Å². The Hall–Kier alpha value is -8.22. The number of pyridine rings is 1. The van der Waals surface area contributed by atoms with E-state index in [1.807, 2.05) is 12.1 Å². The minimum absolute atomic E-state index is 0.00889. The average Bonchev–Trinajstić information content (AvgIpc) is 1.56. The van der Waals surface area contributed by atoms with Gasteiger partial charge in [0.05, 0.1) is 82.8 Å². The molecule has 3 aromatic rings. The summed E-state index contributed by atoms with van der Waals surface area (Å²) < 4.78 is 22.3. The van der Waals surface area contributed by atoms with E-state index in [4.69, 9.17) is 31.2 Å². The Labute approximate surface area is 555 Å². The van der Waals surface area contributed by atoms with E-state index in [1.165, 1.54) is 24.1 Å². The summed E-state index contributed by atoms with van der Waals surface area (Å²) in [5, 5.41) is 78.1. The van der Waals surface area contributed by atoms with Crippen molar-refractivity contribution in [2.24, 2.45) is 0 Å². The van der Waals surface area contributed by atoms with E-state index in [2.05, 4.69) is 42.2 Å². The molecule has 1 aromatic heterocycles. The lowest BCUT2D eigenvalue weighted by Gasteiger charge is -2.33. The van der Waals surface area contributed by atoms with Crippen LogP contribution in [-0.4, -0.2) is 282 Å². The first kappa shape index (κ1) is 77.5. The van der Waals surface area contributed by atoms with Crippen molar-refractivity contribution < 1.29 is 97.4 Å². The van der Waals surface area contributed by atoms with E-state index in [-0.39, 0.29) is 136 Å². The molecule has 5 rings (SSSR count). The summed E-state index contributed by atoms with van der Waals surface area (Å²) in [6, 6.07) is 10.8. The molecule has 34 heteroatoms. The van der Waals surface area contributed by atoms with Crippen molar-refractivity contribution >= 4 is 100 Å². The molecular formula is C61H89BN12O20S. The van der Waals surface area contributed by atoms with Crippen LogP contribution in [0, 0.1) is 0 Å². The van der Waals surface area contributed by atoms with Gasteiger partial charge in [-0.15, -0.1) is 0 Å². The van der Waals surface area contributed by atoms with Crippen LogP contribution in [0.2, 0.25) is 0 Å². The number of anilines is 1. The molecule has 3 heterocycles. The molecule has 13 N–H and O–H groups in total. The molecule has 0 radical (unpaired) electrons. The number of likely N-dealkylation sites (tertiary alicyclic amines) is 1. The zero-order valence-corrected chi connectivity index (χ0v) is 54.2. The molecule has 32 nitrogen and oxygen atoms in total. The predicted molar refractivity (Wildman–Crippen MR) is 348 cm³/mol. The lowest BCUT2D eigenvalue weighted by Crippen LogP contribution is -2.51. The second-order valence-electron chi connectivity index (χ2n) is 22.7. The number of carboxylic acids is 4. The summed E-state index contributed by atoms with van der Waals surface area (Å²) in [5.74, 6) is -7.59. The number of hydrogen-bond acceptors (Lipinski definition) is 21. The summed E-state index contributed by atoms with van der Waals surface area (Å²) in [5.41, 5.74) is 2.16. The maximum atomic E-state index is 13.6. The quantitative estimate of drug-likeness (QED) is 0.0174. The second kappa shape index (κ2) is 42.3. The first-order valence-electron chi connectivity index (χ1n) is 31.5. The number of ether oxygens (including phenoxy) is 4. The number of nitrogens with one attached hydrogen (secondary N) is 7. The number of unbranched alkanes of at least 4 members (excludes halogenated alkanes) is 2. The van der Waals surface area contributed by atoms with Gasteiger partial charge in [-0.3, -0.25) is 62.8 Å². The highest BCUT2D eigenvalue weighted by molar-refractivity contribution is 7.80. The van der Waals surface area contributed by atoms with Crippen LogP contribution in [0.3, 0.4) is 0 Å². The summed E-state index contributed by atoms with van der Waals surface area (Å²) in [6.07, 6.45) is 4.79. The maximum Gasteiger partial charge on any atom is 0.475 e. The zero-order valence-electron chi connectivity index (χ0n) is 53.3. The molecule has 95 heavy (non-hydrogen) atoms. The van der Waals surface area contributed by atoms with Gasteiger partial charge >= 0.3 is 31.0 Å². The SMILES string of the molecule is CC(=O)NCCCC[C@H](NC(=O)[C@H](CCCCNC(=S)Nc1ccc(CC2CN(CC(=O)O)CCN(CC(=O)O)CCN2CC(=O)O)cc1)NC(=O)CCOCCOCCOCCNC(=O)COc1ccc2c(C(=O)NCC(=O)N3CCC[C@H]3B(O)O)ccnc2c1)C(=O)O. The Morgan fingerprint density at radius 3 is 1.99 bits per heavy atom. The van der Waals surface area contributed by atoms with Crippen molar-refractivity contribution in [2.45, 2.75) is 95.2 Å². The number of amides is 6. The number of fused-ring (bicyclic) bond motifs is 1. The number of carboxylic acid groups (broad SMARTS) is 4. The van der Waals surface area contributed by atoms with Gasteiger partial charge in [0.1, 0.15) is 17.8 Å². The fraction of sp³-hybridized carbons (Fsp3) is 0.574. The van der Waals surface area contributed by atoms with E-state index in [0.717, 1.165) is 5.56 Å². The third kappa shape index (κ3) is 30.0. The van der Waals surface area contributed by atoms with Gasteiger partial charge in [0.25, 0.3) is 11.8 Å². The van der Waals surface area contributed by atoms with Gasteiger partial charge in [-0.1, -0.05) is 12.1 Å². The average molecular weight is 1350 g/mol. The summed E-state index contributed by atoms with van der Waals surface area (Å²) in [7, 11) is -1.67.